The topological polar surface area (TPSA) is 87.3 Å². The van der Waals surface area contributed by atoms with Gasteiger partial charge in [0.2, 0.25) is 0 Å². The predicted octanol–water partition coefficient (Wildman–Crippen LogP) is 3.69. The summed E-state index contributed by atoms with van der Waals surface area (Å²) >= 11 is 1.60. The molecule has 1 aromatic carbocycles. The van der Waals surface area contributed by atoms with Gasteiger partial charge in [-0.15, -0.1) is 21.5 Å². The van der Waals surface area contributed by atoms with Crippen molar-refractivity contribution in [1.29, 1.82) is 0 Å². The van der Waals surface area contributed by atoms with Gasteiger partial charge in [-0.05, 0) is 37.3 Å². The lowest BCUT2D eigenvalue weighted by Gasteiger charge is -2.09. The number of hydrogen-bond donors (Lipinski definition) is 0. The molecule has 144 valence electrons. The van der Waals surface area contributed by atoms with Crippen molar-refractivity contribution in [2.24, 2.45) is 0 Å². The first kappa shape index (κ1) is 17.5. The Morgan fingerprint density at radius 2 is 2.00 bits per heavy atom. The molecular formula is C20H16N6O2S. The number of rotatable bonds is 5. The molecule has 0 unspecified atom stereocenters. The lowest BCUT2D eigenvalue weighted by atomic mass is 10.2. The Hall–Kier alpha value is -3.59. The molecule has 0 aliphatic rings. The van der Waals surface area contributed by atoms with E-state index < -0.39 is 0 Å². The zero-order valence-electron chi connectivity index (χ0n) is 15.7. The Labute approximate surface area is 169 Å². The van der Waals surface area contributed by atoms with Crippen LogP contribution in [-0.4, -0.2) is 36.9 Å². The highest BCUT2D eigenvalue weighted by molar-refractivity contribution is 7.15. The zero-order valence-corrected chi connectivity index (χ0v) is 16.6. The van der Waals surface area contributed by atoms with E-state index in [9.17, 15) is 0 Å². The van der Waals surface area contributed by atoms with Crippen molar-refractivity contribution in [1.82, 2.24) is 29.8 Å². The van der Waals surface area contributed by atoms with Crippen molar-refractivity contribution in [3.8, 4) is 22.1 Å². The first-order chi connectivity index (χ1) is 14.2. The minimum absolute atomic E-state index is 0.227. The van der Waals surface area contributed by atoms with Crippen molar-refractivity contribution in [3.63, 3.8) is 0 Å². The molecule has 0 bridgehead atoms. The molecule has 0 spiro atoms. The minimum atomic E-state index is 0.227. The van der Waals surface area contributed by atoms with Crippen LogP contribution in [0.4, 0.5) is 0 Å². The van der Waals surface area contributed by atoms with Gasteiger partial charge < -0.3 is 9.47 Å². The summed E-state index contributed by atoms with van der Waals surface area (Å²) in [5, 5.41) is 15.0. The van der Waals surface area contributed by atoms with E-state index >= 15 is 0 Å². The maximum absolute atomic E-state index is 6.04. The van der Waals surface area contributed by atoms with E-state index in [2.05, 4.69) is 25.3 Å². The van der Waals surface area contributed by atoms with Gasteiger partial charge in [-0.25, -0.2) is 4.98 Å². The number of benzene rings is 1. The van der Waals surface area contributed by atoms with Crippen LogP contribution < -0.4 is 9.47 Å². The summed E-state index contributed by atoms with van der Waals surface area (Å²) in [7, 11) is 1.63. The number of methoxy groups -OCH3 is 1. The number of aromatic nitrogens is 6. The summed E-state index contributed by atoms with van der Waals surface area (Å²) in [6.07, 6.45) is 3.54. The predicted molar refractivity (Wildman–Crippen MR) is 109 cm³/mol. The molecule has 0 radical (unpaired) electrons. The monoisotopic (exact) mass is 404 g/mol. The van der Waals surface area contributed by atoms with E-state index in [0.29, 0.717) is 17.2 Å². The van der Waals surface area contributed by atoms with Crippen molar-refractivity contribution < 1.29 is 9.47 Å². The molecule has 0 N–H and O–H groups in total. The Morgan fingerprint density at radius 3 is 2.83 bits per heavy atom. The summed E-state index contributed by atoms with van der Waals surface area (Å²) < 4.78 is 13.0. The third kappa shape index (κ3) is 3.25. The molecule has 9 heteroatoms. The van der Waals surface area contributed by atoms with Crippen LogP contribution in [-0.2, 0) is 6.61 Å². The second kappa shape index (κ2) is 7.10. The number of fused-ring (bicyclic) bond motifs is 2. The number of pyridine rings is 1. The van der Waals surface area contributed by atoms with Crippen molar-refractivity contribution >= 4 is 27.9 Å². The molecule has 29 heavy (non-hydrogen) atoms. The number of ether oxygens (including phenoxy) is 2. The second-order valence-electron chi connectivity index (χ2n) is 6.33. The van der Waals surface area contributed by atoms with Crippen molar-refractivity contribution in [2.45, 2.75) is 13.5 Å². The van der Waals surface area contributed by atoms with E-state index in [-0.39, 0.29) is 6.61 Å². The van der Waals surface area contributed by atoms with Crippen LogP contribution in [0.3, 0.4) is 0 Å². The Kier molecular flexibility index (Phi) is 4.28. The van der Waals surface area contributed by atoms with Gasteiger partial charge in [0.15, 0.2) is 11.5 Å². The van der Waals surface area contributed by atoms with Gasteiger partial charge >= 0.3 is 0 Å². The summed E-state index contributed by atoms with van der Waals surface area (Å²) in [5.41, 5.74) is 2.29. The average molecular weight is 404 g/mol. The molecule has 0 saturated carbocycles. The van der Waals surface area contributed by atoms with Crippen LogP contribution >= 0.6 is 11.3 Å². The van der Waals surface area contributed by atoms with E-state index in [1.165, 1.54) is 0 Å². The van der Waals surface area contributed by atoms with Crippen LogP contribution in [0, 0.1) is 6.92 Å². The van der Waals surface area contributed by atoms with Crippen molar-refractivity contribution in [3.05, 3.63) is 59.6 Å². The molecule has 5 rings (SSSR count). The molecule has 0 saturated heterocycles. The number of aryl methyl sites for hydroxylation is 1. The summed E-state index contributed by atoms with van der Waals surface area (Å²) in [4.78, 5) is 9.68. The largest absolute Gasteiger partial charge is 0.497 e. The van der Waals surface area contributed by atoms with E-state index in [4.69, 9.17) is 9.47 Å². The van der Waals surface area contributed by atoms with Crippen LogP contribution in [0.2, 0.25) is 0 Å². The van der Waals surface area contributed by atoms with Crippen LogP contribution in [0.15, 0.2) is 48.8 Å². The molecule has 4 aromatic heterocycles. The van der Waals surface area contributed by atoms with E-state index in [1.54, 1.807) is 29.2 Å². The molecule has 0 aliphatic heterocycles. The molecule has 5 aromatic rings. The highest BCUT2D eigenvalue weighted by atomic mass is 32.1. The molecule has 4 heterocycles. The lowest BCUT2D eigenvalue weighted by molar-refractivity contribution is 0.296. The lowest BCUT2D eigenvalue weighted by Crippen LogP contribution is -2.04. The zero-order chi connectivity index (χ0) is 19.8. The number of nitrogens with zero attached hydrogens (tertiary/aromatic N) is 6. The maximum atomic E-state index is 6.04. The fraction of sp³-hybridized carbons (Fsp3) is 0.150. The number of thiazole rings is 1. The molecule has 0 atom stereocenters. The van der Waals surface area contributed by atoms with Crippen LogP contribution in [0.25, 0.3) is 27.1 Å². The van der Waals surface area contributed by atoms with Gasteiger partial charge in [-0.1, -0.05) is 0 Å². The third-order valence-corrected chi connectivity index (χ3v) is 5.40. The van der Waals surface area contributed by atoms with E-state index in [1.807, 2.05) is 49.5 Å². The second-order valence-corrected chi connectivity index (χ2v) is 7.56. The summed E-state index contributed by atoms with van der Waals surface area (Å²) in [6, 6.07) is 11.3. The fourth-order valence-electron chi connectivity index (χ4n) is 3.03. The first-order valence-electron chi connectivity index (χ1n) is 8.91. The highest BCUT2D eigenvalue weighted by Gasteiger charge is 2.12. The van der Waals surface area contributed by atoms with Gasteiger partial charge in [-0.3, -0.25) is 4.98 Å². The summed E-state index contributed by atoms with van der Waals surface area (Å²) in [6.45, 7) is 2.20. The SMILES string of the molecule is COc1ccc2c(OCc3nnc4ccc(-c5cnc(C)s5)nn34)ccnc2c1. The molecule has 0 fully saturated rings. The molecule has 0 amide bonds. The van der Waals surface area contributed by atoms with Gasteiger partial charge in [0.05, 0.1) is 22.5 Å². The quantitative estimate of drug-likeness (QED) is 0.441. The third-order valence-electron chi connectivity index (χ3n) is 4.47. The maximum Gasteiger partial charge on any atom is 0.192 e. The van der Waals surface area contributed by atoms with E-state index in [0.717, 1.165) is 32.2 Å². The van der Waals surface area contributed by atoms with Gasteiger partial charge in [0.1, 0.15) is 23.8 Å². The number of hydrogen-bond acceptors (Lipinski definition) is 8. The molecule has 8 nitrogen and oxygen atoms in total. The van der Waals surface area contributed by atoms with Crippen LogP contribution in [0.5, 0.6) is 11.5 Å². The van der Waals surface area contributed by atoms with Gasteiger partial charge in [-0.2, -0.15) is 9.61 Å². The Balaban J connectivity index is 1.46. The normalized spacial score (nSPS) is 11.2. The van der Waals surface area contributed by atoms with Gasteiger partial charge in [0, 0.05) is 23.8 Å². The Bertz CT molecular complexity index is 1330. The molecular weight excluding hydrogens is 388 g/mol. The van der Waals surface area contributed by atoms with Crippen molar-refractivity contribution in [2.75, 3.05) is 7.11 Å². The molecule has 0 aliphatic carbocycles. The average Bonchev–Trinajstić information content (AvgIpc) is 3.37. The minimum Gasteiger partial charge on any atom is -0.497 e. The van der Waals surface area contributed by atoms with Gasteiger partial charge in [0.25, 0.3) is 0 Å². The first-order valence-corrected chi connectivity index (χ1v) is 9.72. The van der Waals surface area contributed by atoms with Crippen LogP contribution in [0.1, 0.15) is 10.8 Å². The highest BCUT2D eigenvalue weighted by Crippen LogP contribution is 2.28. The Morgan fingerprint density at radius 1 is 1.07 bits per heavy atom. The smallest absolute Gasteiger partial charge is 0.192 e. The standard InChI is InChI=1S/C20H16N6O2S/c1-12-22-10-18(29-12)15-5-6-19-23-24-20(26(19)25-15)11-28-17-7-8-21-16-9-13(27-2)3-4-14(16)17/h3-10H,11H2,1-2H3. The fourth-order valence-corrected chi connectivity index (χ4v) is 3.77. The summed E-state index contributed by atoms with van der Waals surface area (Å²) in [5.74, 6) is 2.07.